The third-order valence-corrected chi connectivity index (χ3v) is 3.45. The van der Waals surface area contributed by atoms with Gasteiger partial charge in [0.15, 0.2) is 11.5 Å². The van der Waals surface area contributed by atoms with Crippen LogP contribution in [-0.4, -0.2) is 35.6 Å². The van der Waals surface area contributed by atoms with Crippen molar-refractivity contribution in [3.05, 3.63) is 23.8 Å². The van der Waals surface area contributed by atoms with E-state index in [0.29, 0.717) is 23.6 Å². The molecule has 0 radical (unpaired) electrons. The first-order valence-electron chi connectivity index (χ1n) is 7.14. The number of carboxylic acid groups (broad SMARTS) is 1. The van der Waals surface area contributed by atoms with Crippen molar-refractivity contribution in [3.63, 3.8) is 0 Å². The molecular weight excluding hydrogens is 274 g/mol. The van der Waals surface area contributed by atoms with E-state index < -0.39 is 18.1 Å². The molecule has 2 atom stereocenters. The monoisotopic (exact) mass is 295 g/mol. The summed E-state index contributed by atoms with van der Waals surface area (Å²) >= 11 is 0. The number of carbonyl (C=O) groups is 1. The van der Waals surface area contributed by atoms with E-state index in [0.717, 1.165) is 12.8 Å². The highest BCUT2D eigenvalue weighted by molar-refractivity contribution is 5.67. The van der Waals surface area contributed by atoms with Gasteiger partial charge in [0.2, 0.25) is 6.79 Å². The number of aliphatic hydroxyl groups is 1. The van der Waals surface area contributed by atoms with Crippen molar-refractivity contribution >= 4 is 5.97 Å². The Morgan fingerprint density at radius 2 is 2.14 bits per heavy atom. The Kier molecular flexibility index (Phi) is 5.41. The summed E-state index contributed by atoms with van der Waals surface area (Å²) < 4.78 is 10.5. The van der Waals surface area contributed by atoms with Gasteiger partial charge >= 0.3 is 5.97 Å². The van der Waals surface area contributed by atoms with Gasteiger partial charge in [0.25, 0.3) is 0 Å². The molecule has 0 aliphatic carbocycles. The van der Waals surface area contributed by atoms with Crippen LogP contribution in [0.4, 0.5) is 0 Å². The molecule has 1 aromatic rings. The number of rotatable bonds is 8. The first-order valence-corrected chi connectivity index (χ1v) is 7.14. The zero-order valence-corrected chi connectivity index (χ0v) is 12.0. The molecule has 0 bridgehead atoms. The summed E-state index contributed by atoms with van der Waals surface area (Å²) in [4.78, 5) is 11.0. The second-order valence-corrected chi connectivity index (χ2v) is 5.07. The largest absolute Gasteiger partial charge is 0.481 e. The summed E-state index contributed by atoms with van der Waals surface area (Å²) in [6.07, 6.45) is 0.892. The predicted molar refractivity (Wildman–Crippen MR) is 76.5 cm³/mol. The number of nitrogens with one attached hydrogen (secondary N) is 1. The molecule has 6 heteroatoms. The Hall–Kier alpha value is -1.79. The van der Waals surface area contributed by atoms with Gasteiger partial charge in [-0.25, -0.2) is 0 Å². The summed E-state index contributed by atoms with van der Waals surface area (Å²) in [6.45, 7) is 2.90. The third-order valence-electron chi connectivity index (χ3n) is 3.45. The summed E-state index contributed by atoms with van der Waals surface area (Å²) in [5, 5.41) is 22.5. The fraction of sp³-hybridized carbons (Fsp3) is 0.533. The van der Waals surface area contributed by atoms with Crippen LogP contribution < -0.4 is 14.8 Å². The zero-order chi connectivity index (χ0) is 15.2. The van der Waals surface area contributed by atoms with Gasteiger partial charge in [-0.2, -0.15) is 0 Å². The molecule has 0 spiro atoms. The van der Waals surface area contributed by atoms with Gasteiger partial charge in [-0.3, -0.25) is 4.79 Å². The number of ether oxygens (including phenoxy) is 2. The minimum absolute atomic E-state index is 0.140. The van der Waals surface area contributed by atoms with E-state index in [9.17, 15) is 9.90 Å². The lowest BCUT2D eigenvalue weighted by molar-refractivity contribution is -0.138. The second-order valence-electron chi connectivity index (χ2n) is 5.07. The van der Waals surface area contributed by atoms with Gasteiger partial charge in [0.1, 0.15) is 0 Å². The molecule has 21 heavy (non-hydrogen) atoms. The van der Waals surface area contributed by atoms with E-state index in [1.165, 1.54) is 0 Å². The number of aliphatic hydroxyl groups excluding tert-OH is 1. The van der Waals surface area contributed by atoms with E-state index in [-0.39, 0.29) is 13.2 Å². The van der Waals surface area contributed by atoms with Gasteiger partial charge in [0.05, 0.1) is 12.5 Å². The van der Waals surface area contributed by atoms with E-state index in [1.807, 2.05) is 0 Å². The number of hydrogen-bond acceptors (Lipinski definition) is 5. The quantitative estimate of drug-likeness (QED) is 0.632. The first-order chi connectivity index (χ1) is 10.1. The average molecular weight is 295 g/mol. The highest BCUT2D eigenvalue weighted by Crippen LogP contribution is 2.35. The normalized spacial score (nSPS) is 15.7. The van der Waals surface area contributed by atoms with Gasteiger partial charge in [-0.15, -0.1) is 0 Å². The van der Waals surface area contributed by atoms with E-state index >= 15 is 0 Å². The topological polar surface area (TPSA) is 88.0 Å². The number of fused-ring (bicyclic) bond motifs is 1. The summed E-state index contributed by atoms with van der Waals surface area (Å²) in [6, 6.07) is 4.62. The van der Waals surface area contributed by atoms with Crippen LogP contribution in [0.15, 0.2) is 18.2 Å². The Morgan fingerprint density at radius 3 is 2.86 bits per heavy atom. The molecule has 0 saturated heterocycles. The number of aliphatic carboxylic acids is 1. The Balaban J connectivity index is 2.08. The maximum Gasteiger partial charge on any atom is 0.305 e. The fourth-order valence-electron chi connectivity index (χ4n) is 2.28. The van der Waals surface area contributed by atoms with Gasteiger partial charge in [0, 0.05) is 6.04 Å². The van der Waals surface area contributed by atoms with Crippen molar-refractivity contribution in [2.45, 2.75) is 38.3 Å². The van der Waals surface area contributed by atoms with Crippen molar-refractivity contribution in [3.8, 4) is 11.5 Å². The standard InChI is InChI=1S/C15H21NO5/c1-2-3-6-16-11(8-14(17)18)15(19)10-4-5-12-13(7-10)21-9-20-12/h4-5,7,11,15-16,19H,2-3,6,8-9H2,1H3,(H,17,18). The Labute approximate surface area is 123 Å². The number of hydrogen-bond donors (Lipinski definition) is 3. The number of benzene rings is 1. The molecule has 3 N–H and O–H groups in total. The average Bonchev–Trinajstić information content (AvgIpc) is 2.92. The SMILES string of the molecule is CCCCNC(CC(=O)O)C(O)c1ccc2c(c1)OCO2. The summed E-state index contributed by atoms with van der Waals surface area (Å²) in [7, 11) is 0. The van der Waals surface area contributed by atoms with Gasteiger partial charge in [-0.05, 0) is 30.7 Å². The minimum Gasteiger partial charge on any atom is -0.481 e. The molecule has 1 aliphatic rings. The summed E-state index contributed by atoms with van der Waals surface area (Å²) in [5.74, 6) is 0.276. The molecule has 2 rings (SSSR count). The van der Waals surface area contributed by atoms with Crippen LogP contribution in [0, 0.1) is 0 Å². The first kappa shape index (κ1) is 15.6. The van der Waals surface area contributed by atoms with Crippen molar-refractivity contribution < 1.29 is 24.5 Å². The number of unbranched alkanes of at least 4 members (excludes halogenated alkanes) is 1. The van der Waals surface area contributed by atoms with Crippen LogP contribution in [-0.2, 0) is 4.79 Å². The fourth-order valence-corrected chi connectivity index (χ4v) is 2.28. The highest BCUT2D eigenvalue weighted by atomic mass is 16.7. The smallest absolute Gasteiger partial charge is 0.305 e. The molecule has 0 aromatic heterocycles. The van der Waals surface area contributed by atoms with E-state index in [2.05, 4.69) is 12.2 Å². The van der Waals surface area contributed by atoms with E-state index in [4.69, 9.17) is 14.6 Å². The number of carboxylic acids is 1. The molecule has 116 valence electrons. The molecule has 1 aromatic carbocycles. The molecule has 2 unspecified atom stereocenters. The van der Waals surface area contributed by atoms with Crippen LogP contribution >= 0.6 is 0 Å². The summed E-state index contributed by atoms with van der Waals surface area (Å²) in [5.41, 5.74) is 0.620. The maximum absolute atomic E-state index is 11.0. The molecule has 6 nitrogen and oxygen atoms in total. The second kappa shape index (κ2) is 7.28. The molecule has 0 fully saturated rings. The lowest BCUT2D eigenvalue weighted by atomic mass is 9.99. The lowest BCUT2D eigenvalue weighted by Crippen LogP contribution is -2.37. The van der Waals surface area contributed by atoms with Crippen LogP contribution in [0.25, 0.3) is 0 Å². The van der Waals surface area contributed by atoms with Crippen LogP contribution in [0.2, 0.25) is 0 Å². The predicted octanol–water partition coefficient (Wildman–Crippen LogP) is 1.68. The molecular formula is C15H21NO5. The van der Waals surface area contributed by atoms with Crippen LogP contribution in [0.3, 0.4) is 0 Å². The van der Waals surface area contributed by atoms with Crippen molar-refractivity contribution in [2.24, 2.45) is 0 Å². The van der Waals surface area contributed by atoms with E-state index in [1.54, 1.807) is 18.2 Å². The van der Waals surface area contributed by atoms with Crippen LogP contribution in [0.1, 0.15) is 37.9 Å². The van der Waals surface area contributed by atoms with Crippen LogP contribution in [0.5, 0.6) is 11.5 Å². The lowest BCUT2D eigenvalue weighted by Gasteiger charge is -2.23. The Morgan fingerprint density at radius 1 is 1.38 bits per heavy atom. The third kappa shape index (κ3) is 4.09. The van der Waals surface area contributed by atoms with Gasteiger partial charge in [-0.1, -0.05) is 19.4 Å². The molecule has 1 heterocycles. The van der Waals surface area contributed by atoms with Gasteiger partial charge < -0.3 is 25.0 Å². The van der Waals surface area contributed by atoms with Crippen molar-refractivity contribution in [1.29, 1.82) is 0 Å². The zero-order valence-electron chi connectivity index (χ0n) is 12.0. The highest BCUT2D eigenvalue weighted by Gasteiger charge is 2.25. The molecule has 0 amide bonds. The van der Waals surface area contributed by atoms with Crippen molar-refractivity contribution in [2.75, 3.05) is 13.3 Å². The minimum atomic E-state index is -0.941. The molecule has 0 saturated carbocycles. The molecule has 1 aliphatic heterocycles. The maximum atomic E-state index is 11.0. The van der Waals surface area contributed by atoms with Crippen molar-refractivity contribution in [1.82, 2.24) is 5.32 Å². The Bertz CT molecular complexity index is 491.